The van der Waals surface area contributed by atoms with Gasteiger partial charge < -0.3 is 0 Å². The van der Waals surface area contributed by atoms with Gasteiger partial charge in [0.2, 0.25) is 0 Å². The largest absolute Gasteiger partial charge is 0.192 e. The zero-order valence-electron chi connectivity index (χ0n) is 9.59. The average molecular weight is 200 g/mol. The fourth-order valence-corrected chi connectivity index (χ4v) is 3.50. The van der Waals surface area contributed by atoms with Crippen LogP contribution in [0.3, 0.4) is 0 Å². The zero-order valence-corrected chi connectivity index (χ0v) is 9.59. The Labute approximate surface area is 91.2 Å². The Morgan fingerprint density at radius 1 is 1.27 bits per heavy atom. The molecule has 2 rings (SSSR count). The summed E-state index contributed by atoms with van der Waals surface area (Å²) in [6.07, 6.45) is 3.34. The van der Waals surface area contributed by atoms with Gasteiger partial charge in [-0.2, -0.15) is 10.5 Å². The quantitative estimate of drug-likeness (QED) is 0.564. The van der Waals surface area contributed by atoms with Crippen molar-refractivity contribution in [3.05, 3.63) is 11.1 Å². The molecule has 0 heterocycles. The van der Waals surface area contributed by atoms with Gasteiger partial charge in [0.05, 0.1) is 0 Å². The van der Waals surface area contributed by atoms with Crippen molar-refractivity contribution in [2.24, 2.45) is 16.7 Å². The van der Waals surface area contributed by atoms with E-state index < -0.39 is 0 Å². The summed E-state index contributed by atoms with van der Waals surface area (Å²) in [5.41, 5.74) is 1.82. The summed E-state index contributed by atoms with van der Waals surface area (Å²) in [5.74, 6) is 0.661. The number of hydrogen-bond donors (Lipinski definition) is 0. The number of nitrogens with zero attached hydrogens (tertiary/aromatic N) is 2. The summed E-state index contributed by atoms with van der Waals surface area (Å²) in [7, 11) is 0. The Morgan fingerprint density at radius 3 is 2.20 bits per heavy atom. The van der Waals surface area contributed by atoms with E-state index in [1.165, 1.54) is 6.42 Å². The molecule has 0 radical (unpaired) electrons. The summed E-state index contributed by atoms with van der Waals surface area (Å²) in [6.45, 7) is 6.79. The molecular weight excluding hydrogens is 184 g/mol. The molecule has 78 valence electrons. The molecule has 2 fully saturated rings. The molecule has 0 aromatic carbocycles. The Hall–Kier alpha value is -1.28. The summed E-state index contributed by atoms with van der Waals surface area (Å²) < 4.78 is 0. The SMILES string of the molecule is CC12CCC(CC1=C(C#N)C#N)C2(C)C. The second kappa shape index (κ2) is 2.86. The van der Waals surface area contributed by atoms with E-state index in [0.717, 1.165) is 18.4 Å². The molecule has 0 spiro atoms. The van der Waals surface area contributed by atoms with Gasteiger partial charge in [-0.1, -0.05) is 20.8 Å². The lowest BCUT2D eigenvalue weighted by Gasteiger charge is -2.35. The number of allylic oxidation sites excluding steroid dienone is 2. The first kappa shape index (κ1) is 10.2. The molecule has 2 heteroatoms. The van der Waals surface area contributed by atoms with E-state index in [0.29, 0.717) is 11.5 Å². The van der Waals surface area contributed by atoms with Crippen LogP contribution in [0.25, 0.3) is 0 Å². The minimum Gasteiger partial charge on any atom is -0.192 e. The topological polar surface area (TPSA) is 47.6 Å². The van der Waals surface area contributed by atoms with Crippen LogP contribution in [0.1, 0.15) is 40.0 Å². The van der Waals surface area contributed by atoms with E-state index >= 15 is 0 Å². The van der Waals surface area contributed by atoms with Crippen LogP contribution in [-0.2, 0) is 0 Å². The van der Waals surface area contributed by atoms with Crippen LogP contribution < -0.4 is 0 Å². The Balaban J connectivity index is 2.58. The summed E-state index contributed by atoms with van der Waals surface area (Å²) in [5, 5.41) is 17.9. The van der Waals surface area contributed by atoms with Gasteiger partial charge in [0.1, 0.15) is 17.7 Å². The molecule has 2 atom stereocenters. The Morgan fingerprint density at radius 2 is 1.87 bits per heavy atom. The van der Waals surface area contributed by atoms with Crippen molar-refractivity contribution in [3.8, 4) is 12.1 Å². The van der Waals surface area contributed by atoms with E-state index in [-0.39, 0.29) is 10.8 Å². The van der Waals surface area contributed by atoms with Crippen LogP contribution in [0.15, 0.2) is 11.1 Å². The fraction of sp³-hybridized carbons (Fsp3) is 0.692. The van der Waals surface area contributed by atoms with Gasteiger partial charge in [0, 0.05) is 0 Å². The monoisotopic (exact) mass is 200 g/mol. The van der Waals surface area contributed by atoms with E-state index in [2.05, 4.69) is 32.9 Å². The lowest BCUT2D eigenvalue weighted by atomic mass is 9.68. The molecular formula is C13H16N2. The van der Waals surface area contributed by atoms with Crippen LogP contribution >= 0.6 is 0 Å². The van der Waals surface area contributed by atoms with E-state index in [9.17, 15) is 0 Å². The number of hydrogen-bond acceptors (Lipinski definition) is 2. The maximum atomic E-state index is 8.97. The number of rotatable bonds is 0. The first-order chi connectivity index (χ1) is 6.97. The molecule has 0 amide bonds. The second-order valence-corrected chi connectivity index (χ2v) is 5.57. The van der Waals surface area contributed by atoms with Crippen molar-refractivity contribution in [2.45, 2.75) is 40.0 Å². The predicted octanol–water partition coefficient (Wildman–Crippen LogP) is 3.18. The predicted molar refractivity (Wildman–Crippen MR) is 57.5 cm³/mol. The molecule has 2 unspecified atom stereocenters. The summed E-state index contributed by atoms with van der Waals surface area (Å²) in [6, 6.07) is 4.12. The highest BCUT2D eigenvalue weighted by Gasteiger charge is 2.59. The smallest absolute Gasteiger partial charge is 0.129 e. The van der Waals surface area contributed by atoms with Gasteiger partial charge in [0.25, 0.3) is 0 Å². The third kappa shape index (κ3) is 1.03. The minimum absolute atomic E-state index is 0.0818. The molecule has 0 N–H and O–H groups in total. The van der Waals surface area contributed by atoms with Crippen molar-refractivity contribution in [2.75, 3.05) is 0 Å². The van der Waals surface area contributed by atoms with Gasteiger partial charge in [-0.15, -0.1) is 0 Å². The zero-order chi connectivity index (χ0) is 11.3. The highest BCUT2D eigenvalue weighted by atomic mass is 14.6. The number of fused-ring (bicyclic) bond motifs is 2. The van der Waals surface area contributed by atoms with E-state index in [1.54, 1.807) is 0 Å². The van der Waals surface area contributed by atoms with Crippen molar-refractivity contribution in [3.63, 3.8) is 0 Å². The standard InChI is InChI=1S/C13H16N2/c1-12(2)10-4-5-13(12,3)11(6-10)9(7-14)8-15/h10H,4-6H2,1-3H3. The van der Waals surface area contributed by atoms with Crippen molar-refractivity contribution >= 4 is 0 Å². The molecule has 2 aliphatic rings. The highest BCUT2D eigenvalue weighted by molar-refractivity contribution is 5.46. The van der Waals surface area contributed by atoms with Gasteiger partial charge in [-0.25, -0.2) is 0 Å². The molecule has 2 nitrogen and oxygen atoms in total. The van der Waals surface area contributed by atoms with Crippen LogP contribution in [0, 0.1) is 39.4 Å². The molecule has 0 aromatic heterocycles. The highest BCUT2D eigenvalue weighted by Crippen LogP contribution is 2.68. The van der Waals surface area contributed by atoms with Gasteiger partial charge in [0.15, 0.2) is 0 Å². The van der Waals surface area contributed by atoms with Crippen LogP contribution in [-0.4, -0.2) is 0 Å². The molecule has 0 aromatic rings. The first-order valence-corrected chi connectivity index (χ1v) is 5.51. The average Bonchev–Trinajstić information content (AvgIpc) is 2.52. The summed E-state index contributed by atoms with van der Waals surface area (Å²) >= 11 is 0. The second-order valence-electron chi connectivity index (χ2n) is 5.57. The molecule has 2 bridgehead atoms. The maximum absolute atomic E-state index is 8.97. The van der Waals surface area contributed by atoms with E-state index in [1.807, 2.05) is 0 Å². The molecule has 0 saturated heterocycles. The van der Waals surface area contributed by atoms with Crippen molar-refractivity contribution in [1.82, 2.24) is 0 Å². The van der Waals surface area contributed by atoms with Crippen molar-refractivity contribution < 1.29 is 0 Å². The van der Waals surface area contributed by atoms with Gasteiger partial charge in [-0.05, 0) is 41.6 Å². The fourth-order valence-electron chi connectivity index (χ4n) is 3.50. The first-order valence-electron chi connectivity index (χ1n) is 5.51. The Kier molecular flexibility index (Phi) is 1.95. The van der Waals surface area contributed by atoms with Crippen LogP contribution in [0.4, 0.5) is 0 Å². The van der Waals surface area contributed by atoms with Crippen LogP contribution in [0.5, 0.6) is 0 Å². The lowest BCUT2D eigenvalue weighted by Crippen LogP contribution is -2.28. The Bertz CT molecular complexity index is 401. The normalized spacial score (nSPS) is 36.1. The molecule has 2 aliphatic carbocycles. The third-order valence-electron chi connectivity index (χ3n) is 5.08. The minimum atomic E-state index is 0.0818. The number of nitriles is 2. The van der Waals surface area contributed by atoms with E-state index in [4.69, 9.17) is 10.5 Å². The third-order valence-corrected chi connectivity index (χ3v) is 5.08. The molecule has 2 saturated carbocycles. The molecule has 15 heavy (non-hydrogen) atoms. The summed E-state index contributed by atoms with van der Waals surface area (Å²) in [4.78, 5) is 0. The van der Waals surface area contributed by atoms with Crippen molar-refractivity contribution in [1.29, 1.82) is 10.5 Å². The van der Waals surface area contributed by atoms with Gasteiger partial charge >= 0.3 is 0 Å². The molecule has 0 aliphatic heterocycles. The lowest BCUT2D eigenvalue weighted by molar-refractivity contribution is 0.179. The van der Waals surface area contributed by atoms with Crippen LogP contribution in [0.2, 0.25) is 0 Å². The van der Waals surface area contributed by atoms with Gasteiger partial charge in [-0.3, -0.25) is 0 Å². The maximum Gasteiger partial charge on any atom is 0.129 e.